The molecule has 0 bridgehead atoms. The van der Waals surface area contributed by atoms with Crippen LogP contribution in [0, 0.1) is 11.6 Å². The first-order chi connectivity index (χ1) is 8.66. The normalized spacial score (nSPS) is 15.9. The lowest BCUT2D eigenvalue weighted by atomic mass is 10.2. The van der Waals surface area contributed by atoms with E-state index in [1.54, 1.807) is 0 Å². The highest BCUT2D eigenvalue weighted by Gasteiger charge is 2.16. The number of carbonyl (C=O) groups excluding carboxylic acids is 1. The van der Waals surface area contributed by atoms with Crippen LogP contribution in [-0.4, -0.2) is 18.5 Å². The third-order valence-corrected chi connectivity index (χ3v) is 3.13. The number of anilines is 1. The lowest BCUT2D eigenvalue weighted by Crippen LogP contribution is -2.34. The van der Waals surface area contributed by atoms with Crippen molar-refractivity contribution < 1.29 is 13.6 Å². The molecule has 0 saturated heterocycles. The summed E-state index contributed by atoms with van der Waals surface area (Å²) in [6.45, 7) is 0.126. The van der Waals surface area contributed by atoms with E-state index in [2.05, 4.69) is 10.6 Å². The van der Waals surface area contributed by atoms with Gasteiger partial charge in [0, 0.05) is 6.04 Å². The van der Waals surface area contributed by atoms with Gasteiger partial charge in [-0.3, -0.25) is 4.79 Å². The van der Waals surface area contributed by atoms with Crippen molar-refractivity contribution in [2.45, 2.75) is 31.7 Å². The first-order valence-electron chi connectivity index (χ1n) is 6.14. The van der Waals surface area contributed by atoms with E-state index >= 15 is 0 Å². The van der Waals surface area contributed by atoms with Crippen LogP contribution in [0.25, 0.3) is 0 Å². The average molecular weight is 254 g/mol. The summed E-state index contributed by atoms with van der Waals surface area (Å²) < 4.78 is 26.2. The van der Waals surface area contributed by atoms with E-state index in [1.165, 1.54) is 25.0 Å². The first kappa shape index (κ1) is 13.0. The summed E-state index contributed by atoms with van der Waals surface area (Å²) in [7, 11) is 0. The van der Waals surface area contributed by atoms with Gasteiger partial charge in [0.15, 0.2) is 11.6 Å². The van der Waals surface area contributed by atoms with Gasteiger partial charge in [-0.1, -0.05) is 18.9 Å². The maximum absolute atomic E-state index is 13.3. The summed E-state index contributed by atoms with van der Waals surface area (Å²) in [6.07, 6.45) is 4.50. The smallest absolute Gasteiger partial charge is 0.238 e. The molecule has 5 heteroatoms. The van der Waals surface area contributed by atoms with Crippen molar-refractivity contribution in [1.82, 2.24) is 5.32 Å². The summed E-state index contributed by atoms with van der Waals surface area (Å²) in [4.78, 5) is 11.6. The van der Waals surface area contributed by atoms with E-state index < -0.39 is 11.6 Å². The second kappa shape index (κ2) is 5.91. The molecule has 1 aromatic rings. The zero-order valence-electron chi connectivity index (χ0n) is 10.0. The van der Waals surface area contributed by atoms with E-state index in [4.69, 9.17) is 0 Å². The van der Waals surface area contributed by atoms with E-state index in [1.807, 2.05) is 0 Å². The fourth-order valence-corrected chi connectivity index (χ4v) is 2.16. The highest BCUT2D eigenvalue weighted by atomic mass is 19.2. The number of hydrogen-bond donors (Lipinski definition) is 2. The Balaban J connectivity index is 1.84. The monoisotopic (exact) mass is 254 g/mol. The van der Waals surface area contributed by atoms with Crippen LogP contribution in [0.4, 0.5) is 14.5 Å². The molecular weight excluding hydrogens is 238 g/mol. The molecule has 0 aromatic heterocycles. The molecule has 1 fully saturated rings. The van der Waals surface area contributed by atoms with E-state index in [-0.39, 0.29) is 18.1 Å². The second-order valence-corrected chi connectivity index (χ2v) is 4.51. The van der Waals surface area contributed by atoms with Crippen LogP contribution in [0.2, 0.25) is 0 Å². The summed E-state index contributed by atoms with van der Waals surface area (Å²) in [5.41, 5.74) is -0.117. The summed E-state index contributed by atoms with van der Waals surface area (Å²) >= 11 is 0. The third kappa shape index (κ3) is 3.26. The van der Waals surface area contributed by atoms with Crippen molar-refractivity contribution in [1.29, 1.82) is 0 Å². The summed E-state index contributed by atoms with van der Waals surface area (Å²) in [6, 6.07) is 4.08. The molecule has 2 rings (SSSR count). The molecule has 1 amide bonds. The van der Waals surface area contributed by atoms with Crippen molar-refractivity contribution in [3.8, 4) is 0 Å². The predicted molar refractivity (Wildman–Crippen MR) is 65.2 cm³/mol. The number of halogens is 2. The van der Waals surface area contributed by atoms with E-state index in [0.29, 0.717) is 6.04 Å². The number of nitrogens with one attached hydrogen (secondary N) is 2. The minimum absolute atomic E-state index is 0.117. The lowest BCUT2D eigenvalue weighted by Gasteiger charge is -2.12. The molecule has 0 heterocycles. The van der Waals surface area contributed by atoms with Crippen LogP contribution in [0.1, 0.15) is 25.7 Å². The van der Waals surface area contributed by atoms with Gasteiger partial charge in [0.1, 0.15) is 0 Å². The Morgan fingerprint density at radius 1 is 1.28 bits per heavy atom. The largest absolute Gasteiger partial charge is 0.322 e. The van der Waals surface area contributed by atoms with Crippen molar-refractivity contribution in [2.75, 3.05) is 11.9 Å². The Morgan fingerprint density at radius 2 is 2.00 bits per heavy atom. The van der Waals surface area contributed by atoms with E-state index in [0.717, 1.165) is 18.9 Å². The fourth-order valence-electron chi connectivity index (χ4n) is 2.16. The predicted octanol–water partition coefficient (Wildman–Crippen LogP) is 2.44. The Kier molecular flexibility index (Phi) is 4.25. The molecule has 0 radical (unpaired) electrons. The number of benzene rings is 1. The van der Waals surface area contributed by atoms with Gasteiger partial charge in [0.05, 0.1) is 12.2 Å². The third-order valence-electron chi connectivity index (χ3n) is 3.13. The maximum Gasteiger partial charge on any atom is 0.238 e. The van der Waals surface area contributed by atoms with Crippen LogP contribution in [0.15, 0.2) is 18.2 Å². The zero-order valence-corrected chi connectivity index (χ0v) is 10.0. The van der Waals surface area contributed by atoms with Gasteiger partial charge in [0.2, 0.25) is 5.91 Å². The molecular formula is C13H16F2N2O. The van der Waals surface area contributed by atoms with Crippen LogP contribution >= 0.6 is 0 Å². The van der Waals surface area contributed by atoms with Gasteiger partial charge in [0.25, 0.3) is 0 Å². The van der Waals surface area contributed by atoms with Crippen LogP contribution in [-0.2, 0) is 4.79 Å². The van der Waals surface area contributed by atoms with E-state index in [9.17, 15) is 13.6 Å². The molecule has 0 unspecified atom stereocenters. The number of carbonyl (C=O) groups is 1. The fraction of sp³-hybridized carbons (Fsp3) is 0.462. The Labute approximate surface area is 105 Å². The average Bonchev–Trinajstić information content (AvgIpc) is 2.86. The van der Waals surface area contributed by atoms with Crippen molar-refractivity contribution >= 4 is 11.6 Å². The SMILES string of the molecule is O=C(CNC1CCCC1)Nc1cccc(F)c1F. The molecule has 0 atom stereocenters. The molecule has 18 heavy (non-hydrogen) atoms. The van der Waals surface area contributed by atoms with Gasteiger partial charge < -0.3 is 10.6 Å². The minimum Gasteiger partial charge on any atom is -0.322 e. The number of hydrogen-bond acceptors (Lipinski definition) is 2. The standard InChI is InChI=1S/C13H16F2N2O/c14-10-6-3-7-11(13(10)15)17-12(18)8-16-9-4-1-2-5-9/h3,6-7,9,16H,1-2,4-5,8H2,(H,17,18). The summed E-state index contributed by atoms with van der Waals surface area (Å²) in [5, 5.41) is 5.47. The van der Waals surface area contributed by atoms with Crippen LogP contribution in [0.5, 0.6) is 0 Å². The Morgan fingerprint density at radius 3 is 2.72 bits per heavy atom. The zero-order chi connectivity index (χ0) is 13.0. The molecule has 1 aromatic carbocycles. The maximum atomic E-state index is 13.3. The minimum atomic E-state index is -1.02. The Hall–Kier alpha value is -1.49. The number of rotatable bonds is 4. The Bertz CT molecular complexity index is 431. The molecule has 0 spiro atoms. The van der Waals surface area contributed by atoms with Gasteiger partial charge >= 0.3 is 0 Å². The van der Waals surface area contributed by atoms with Crippen molar-refractivity contribution in [2.24, 2.45) is 0 Å². The van der Waals surface area contributed by atoms with Gasteiger partial charge in [-0.25, -0.2) is 8.78 Å². The highest BCUT2D eigenvalue weighted by Crippen LogP contribution is 2.18. The van der Waals surface area contributed by atoms with Crippen molar-refractivity contribution in [3.05, 3.63) is 29.8 Å². The molecule has 3 nitrogen and oxygen atoms in total. The molecule has 1 saturated carbocycles. The van der Waals surface area contributed by atoms with Crippen LogP contribution in [0.3, 0.4) is 0 Å². The van der Waals surface area contributed by atoms with Crippen LogP contribution < -0.4 is 10.6 Å². The highest BCUT2D eigenvalue weighted by molar-refractivity contribution is 5.92. The number of amides is 1. The molecule has 2 N–H and O–H groups in total. The van der Waals surface area contributed by atoms with Crippen molar-refractivity contribution in [3.63, 3.8) is 0 Å². The molecule has 0 aliphatic heterocycles. The quantitative estimate of drug-likeness (QED) is 0.866. The first-order valence-corrected chi connectivity index (χ1v) is 6.14. The second-order valence-electron chi connectivity index (χ2n) is 4.51. The lowest BCUT2D eigenvalue weighted by molar-refractivity contribution is -0.115. The molecule has 1 aliphatic rings. The van der Waals surface area contributed by atoms with Gasteiger partial charge in [-0.2, -0.15) is 0 Å². The summed E-state index contributed by atoms with van der Waals surface area (Å²) in [5.74, 6) is -2.34. The topological polar surface area (TPSA) is 41.1 Å². The molecule has 1 aliphatic carbocycles. The van der Waals surface area contributed by atoms with Gasteiger partial charge in [-0.15, -0.1) is 0 Å². The van der Waals surface area contributed by atoms with Gasteiger partial charge in [-0.05, 0) is 25.0 Å². The molecule has 98 valence electrons.